The number of ether oxygens (including phenoxy) is 2. The first-order valence-corrected chi connectivity index (χ1v) is 8.76. The van der Waals surface area contributed by atoms with Crippen molar-refractivity contribution in [2.24, 2.45) is 0 Å². The Kier molecular flexibility index (Phi) is 7.48. The van der Waals surface area contributed by atoms with Gasteiger partial charge in [0.25, 0.3) is 0 Å². The lowest BCUT2D eigenvalue weighted by Gasteiger charge is -2.11. The van der Waals surface area contributed by atoms with Crippen molar-refractivity contribution in [1.29, 1.82) is 0 Å². The number of carbonyl (C=O) groups is 1. The Balaban J connectivity index is 1.90. The fraction of sp³-hybridized carbons (Fsp3) is 0.381. The highest BCUT2D eigenvalue weighted by atomic mass is 16.5. The lowest BCUT2D eigenvalue weighted by molar-refractivity contribution is -0.116. The molecule has 0 aliphatic rings. The molecule has 1 amide bonds. The largest absolute Gasteiger partial charge is 0.493 e. The molecule has 0 saturated carbocycles. The summed E-state index contributed by atoms with van der Waals surface area (Å²) in [4.78, 5) is 13.7. The van der Waals surface area contributed by atoms with Gasteiger partial charge in [-0.25, -0.2) is 0 Å². The molecule has 26 heavy (non-hydrogen) atoms. The Morgan fingerprint density at radius 2 is 1.65 bits per heavy atom. The average molecular weight is 356 g/mol. The van der Waals surface area contributed by atoms with Crippen LogP contribution >= 0.6 is 0 Å². The molecule has 2 aromatic rings. The number of amides is 1. The summed E-state index contributed by atoms with van der Waals surface area (Å²) in [7, 11) is 7.05. The van der Waals surface area contributed by atoms with Crippen molar-refractivity contribution in [3.05, 3.63) is 53.6 Å². The quantitative estimate of drug-likeness (QED) is 0.748. The van der Waals surface area contributed by atoms with Gasteiger partial charge in [0.15, 0.2) is 11.5 Å². The van der Waals surface area contributed by atoms with Gasteiger partial charge in [0, 0.05) is 5.69 Å². The molecule has 2 rings (SSSR count). The van der Waals surface area contributed by atoms with Crippen LogP contribution in [0.2, 0.25) is 0 Å². The number of hydrogen-bond acceptors (Lipinski definition) is 4. The number of carbonyl (C=O) groups excluding carboxylic acids is 1. The lowest BCUT2D eigenvalue weighted by Crippen LogP contribution is -2.27. The molecule has 5 nitrogen and oxygen atoms in total. The van der Waals surface area contributed by atoms with E-state index in [0.717, 1.165) is 36.4 Å². The fourth-order valence-corrected chi connectivity index (χ4v) is 2.83. The van der Waals surface area contributed by atoms with Crippen LogP contribution in [0.4, 0.5) is 5.69 Å². The topological polar surface area (TPSA) is 50.8 Å². The highest BCUT2D eigenvalue weighted by Gasteiger charge is 2.06. The first-order valence-electron chi connectivity index (χ1n) is 8.76. The molecule has 0 heterocycles. The van der Waals surface area contributed by atoms with Crippen molar-refractivity contribution >= 4 is 11.6 Å². The van der Waals surface area contributed by atoms with Crippen LogP contribution in [-0.4, -0.2) is 45.7 Å². The summed E-state index contributed by atoms with van der Waals surface area (Å²) < 4.78 is 10.6. The Labute approximate surface area is 155 Å². The molecule has 0 unspecified atom stereocenters. The molecule has 0 saturated heterocycles. The molecule has 0 aliphatic carbocycles. The SMILES string of the molecule is COc1ccc(CCCc2cccc(NC(=O)CN(C)C)c2)cc1OC. The summed E-state index contributed by atoms with van der Waals surface area (Å²) in [6.45, 7) is 0.379. The number of aryl methyl sites for hydroxylation is 2. The van der Waals surface area contributed by atoms with Crippen LogP contribution in [-0.2, 0) is 17.6 Å². The third-order valence-corrected chi connectivity index (χ3v) is 4.05. The number of rotatable bonds is 9. The minimum absolute atomic E-state index is 0.00234. The van der Waals surface area contributed by atoms with Crippen LogP contribution in [0.3, 0.4) is 0 Å². The zero-order chi connectivity index (χ0) is 18.9. The Morgan fingerprint density at radius 1 is 0.962 bits per heavy atom. The van der Waals surface area contributed by atoms with Gasteiger partial charge in [-0.05, 0) is 68.8 Å². The molecule has 5 heteroatoms. The van der Waals surface area contributed by atoms with Gasteiger partial charge in [-0.2, -0.15) is 0 Å². The molecular weight excluding hydrogens is 328 g/mol. The number of nitrogens with one attached hydrogen (secondary N) is 1. The molecule has 0 bridgehead atoms. The van der Waals surface area contributed by atoms with E-state index in [0.29, 0.717) is 6.54 Å². The predicted octanol–water partition coefficient (Wildman–Crippen LogP) is 3.38. The van der Waals surface area contributed by atoms with Crippen molar-refractivity contribution in [1.82, 2.24) is 4.90 Å². The molecule has 140 valence electrons. The van der Waals surface area contributed by atoms with Crippen molar-refractivity contribution < 1.29 is 14.3 Å². The maximum Gasteiger partial charge on any atom is 0.238 e. The summed E-state index contributed by atoms with van der Waals surface area (Å²) in [5.41, 5.74) is 3.28. The summed E-state index contributed by atoms with van der Waals surface area (Å²) in [5, 5.41) is 2.94. The maximum absolute atomic E-state index is 11.9. The molecule has 0 aliphatic heterocycles. The Hall–Kier alpha value is -2.53. The Bertz CT molecular complexity index is 729. The minimum atomic E-state index is -0.00234. The third-order valence-electron chi connectivity index (χ3n) is 4.05. The molecule has 2 aromatic carbocycles. The van der Waals surface area contributed by atoms with Crippen LogP contribution in [0.5, 0.6) is 11.5 Å². The molecule has 0 spiro atoms. The van der Waals surface area contributed by atoms with Gasteiger partial charge >= 0.3 is 0 Å². The molecule has 0 aromatic heterocycles. The van der Waals surface area contributed by atoms with Gasteiger partial charge in [-0.1, -0.05) is 18.2 Å². The summed E-state index contributed by atoms with van der Waals surface area (Å²) >= 11 is 0. The molecule has 0 atom stereocenters. The van der Waals surface area contributed by atoms with E-state index in [2.05, 4.69) is 17.4 Å². The van der Waals surface area contributed by atoms with Crippen molar-refractivity contribution in [3.8, 4) is 11.5 Å². The van der Waals surface area contributed by atoms with Crippen LogP contribution in [0, 0.1) is 0 Å². The minimum Gasteiger partial charge on any atom is -0.493 e. The average Bonchev–Trinajstić information content (AvgIpc) is 2.61. The second kappa shape index (κ2) is 9.82. The molecular formula is C21H28N2O3. The number of methoxy groups -OCH3 is 2. The second-order valence-corrected chi connectivity index (χ2v) is 6.53. The summed E-state index contributed by atoms with van der Waals surface area (Å²) in [6.07, 6.45) is 2.92. The van der Waals surface area contributed by atoms with E-state index in [4.69, 9.17) is 9.47 Å². The zero-order valence-corrected chi connectivity index (χ0v) is 16.0. The van der Waals surface area contributed by atoms with Crippen LogP contribution < -0.4 is 14.8 Å². The van der Waals surface area contributed by atoms with Gasteiger partial charge in [-0.3, -0.25) is 4.79 Å². The third kappa shape index (κ3) is 6.08. The van der Waals surface area contributed by atoms with E-state index in [-0.39, 0.29) is 5.91 Å². The van der Waals surface area contributed by atoms with E-state index in [1.165, 1.54) is 11.1 Å². The number of anilines is 1. The van der Waals surface area contributed by atoms with E-state index in [1.54, 1.807) is 14.2 Å². The number of hydrogen-bond donors (Lipinski definition) is 1. The maximum atomic E-state index is 11.9. The van der Waals surface area contributed by atoms with Gasteiger partial charge < -0.3 is 19.7 Å². The van der Waals surface area contributed by atoms with Gasteiger partial charge in [0.2, 0.25) is 5.91 Å². The molecule has 1 N–H and O–H groups in total. The first kappa shape index (κ1) is 19.8. The smallest absolute Gasteiger partial charge is 0.238 e. The first-order chi connectivity index (χ1) is 12.5. The monoisotopic (exact) mass is 356 g/mol. The Morgan fingerprint density at radius 3 is 2.31 bits per heavy atom. The summed E-state index contributed by atoms with van der Waals surface area (Å²) in [5.74, 6) is 1.51. The number of likely N-dealkylation sites (N-methyl/N-ethyl adjacent to an activating group) is 1. The number of benzene rings is 2. The van der Waals surface area contributed by atoms with Crippen molar-refractivity contribution in [2.45, 2.75) is 19.3 Å². The van der Waals surface area contributed by atoms with Gasteiger partial charge in [-0.15, -0.1) is 0 Å². The standard InChI is InChI=1S/C21H28N2O3/c1-23(2)15-21(24)22-18-10-6-9-16(13-18)7-5-8-17-11-12-19(25-3)20(14-17)26-4/h6,9-14H,5,7-8,15H2,1-4H3,(H,22,24). The van der Waals surface area contributed by atoms with Gasteiger partial charge in [0.05, 0.1) is 20.8 Å². The molecule has 0 radical (unpaired) electrons. The molecule has 0 fully saturated rings. The zero-order valence-electron chi connectivity index (χ0n) is 16.0. The number of nitrogens with zero attached hydrogens (tertiary/aromatic N) is 1. The van der Waals surface area contributed by atoms with E-state index >= 15 is 0 Å². The normalized spacial score (nSPS) is 10.7. The van der Waals surface area contributed by atoms with Crippen LogP contribution in [0.1, 0.15) is 17.5 Å². The van der Waals surface area contributed by atoms with Crippen molar-refractivity contribution in [2.75, 3.05) is 40.2 Å². The van der Waals surface area contributed by atoms with E-state index in [1.807, 2.05) is 49.3 Å². The highest BCUT2D eigenvalue weighted by Crippen LogP contribution is 2.28. The van der Waals surface area contributed by atoms with Gasteiger partial charge in [0.1, 0.15) is 0 Å². The summed E-state index contributed by atoms with van der Waals surface area (Å²) in [6, 6.07) is 14.1. The van der Waals surface area contributed by atoms with Crippen LogP contribution in [0.15, 0.2) is 42.5 Å². The lowest BCUT2D eigenvalue weighted by atomic mass is 10.0. The second-order valence-electron chi connectivity index (χ2n) is 6.53. The highest BCUT2D eigenvalue weighted by molar-refractivity contribution is 5.92. The predicted molar refractivity (Wildman–Crippen MR) is 105 cm³/mol. The van der Waals surface area contributed by atoms with E-state index in [9.17, 15) is 4.79 Å². The van der Waals surface area contributed by atoms with E-state index < -0.39 is 0 Å². The van der Waals surface area contributed by atoms with Crippen LogP contribution in [0.25, 0.3) is 0 Å². The van der Waals surface area contributed by atoms with Crippen molar-refractivity contribution in [3.63, 3.8) is 0 Å². The fourth-order valence-electron chi connectivity index (χ4n) is 2.83.